The first-order chi connectivity index (χ1) is 9.99. The lowest BCUT2D eigenvalue weighted by Gasteiger charge is -2.17. The second-order valence-electron chi connectivity index (χ2n) is 6.53. The molecule has 1 aromatic carbocycles. The number of benzene rings is 1. The number of hydrogen-bond acceptors (Lipinski definition) is 3. The first kappa shape index (κ1) is 13.6. The van der Waals surface area contributed by atoms with Gasteiger partial charge in [-0.25, -0.2) is 0 Å². The van der Waals surface area contributed by atoms with E-state index in [1.54, 1.807) is 0 Å². The minimum Gasteiger partial charge on any atom is -0.373 e. The highest BCUT2D eigenvalue weighted by atomic mass is 79.9. The normalized spacial score (nSPS) is 37.4. The average molecular weight is 349 g/mol. The Hall–Kier alpha value is -1.00. The summed E-state index contributed by atoms with van der Waals surface area (Å²) in [5.74, 6) is -0.774. The topological polar surface area (TPSA) is 43.4 Å². The Morgan fingerprint density at radius 3 is 1.95 bits per heavy atom. The molecule has 0 spiro atoms. The van der Waals surface area contributed by atoms with E-state index in [1.807, 2.05) is 26.0 Å². The number of fused-ring (bicyclic) bond motifs is 5. The second-order valence-corrected chi connectivity index (χ2v) is 7.45. The fourth-order valence-corrected chi connectivity index (χ4v) is 5.27. The molecule has 1 aliphatic carbocycles. The molecule has 1 saturated carbocycles. The van der Waals surface area contributed by atoms with Gasteiger partial charge in [-0.1, -0.05) is 15.9 Å². The number of carbonyl (C=O) groups is 2. The largest absolute Gasteiger partial charge is 0.373 e. The molecule has 110 valence electrons. The van der Waals surface area contributed by atoms with Crippen molar-refractivity contribution in [2.24, 2.45) is 11.8 Å². The Bertz CT molecular complexity index is 615. The molecule has 3 fully saturated rings. The van der Waals surface area contributed by atoms with E-state index in [-0.39, 0.29) is 35.6 Å². The van der Waals surface area contributed by atoms with Crippen molar-refractivity contribution < 1.29 is 14.3 Å². The van der Waals surface area contributed by atoms with Crippen LogP contribution in [-0.2, 0) is 14.3 Å². The van der Waals surface area contributed by atoms with Crippen molar-refractivity contribution in [1.82, 2.24) is 0 Å². The van der Waals surface area contributed by atoms with Crippen LogP contribution in [0.2, 0.25) is 0 Å². The van der Waals surface area contributed by atoms with Crippen molar-refractivity contribution in [3.63, 3.8) is 0 Å². The van der Waals surface area contributed by atoms with E-state index in [0.717, 1.165) is 34.0 Å². The van der Waals surface area contributed by atoms with Gasteiger partial charge in [0.2, 0.25) is 0 Å². The highest BCUT2D eigenvalue weighted by Gasteiger charge is 2.63. The monoisotopic (exact) mass is 348 g/mol. The zero-order valence-electron chi connectivity index (χ0n) is 12.1. The highest BCUT2D eigenvalue weighted by Crippen LogP contribution is 2.52. The molecule has 0 N–H and O–H groups in total. The predicted octanol–water partition coefficient (Wildman–Crippen LogP) is 3.09. The van der Waals surface area contributed by atoms with Gasteiger partial charge in [-0.05, 0) is 55.5 Å². The van der Waals surface area contributed by atoms with Crippen LogP contribution in [0, 0.1) is 25.7 Å². The van der Waals surface area contributed by atoms with Gasteiger partial charge < -0.3 is 4.74 Å². The van der Waals surface area contributed by atoms with E-state index < -0.39 is 5.92 Å². The van der Waals surface area contributed by atoms with Gasteiger partial charge in [-0.15, -0.1) is 0 Å². The SMILES string of the molecule is Cc1cc(Br)cc(C)c1C1C(=O)[C@@H]2[C@H](C1=O)[C@H]1CC[C@@H]2O1. The lowest BCUT2D eigenvalue weighted by Crippen LogP contribution is -2.29. The quantitative estimate of drug-likeness (QED) is 0.732. The number of Topliss-reactive ketones (excluding diaryl/α,β-unsaturated/α-hetero) is 2. The number of rotatable bonds is 1. The van der Waals surface area contributed by atoms with Crippen LogP contribution in [0.1, 0.15) is 35.4 Å². The van der Waals surface area contributed by atoms with E-state index in [1.165, 1.54) is 0 Å². The number of ketones is 2. The number of aryl methyl sites for hydroxylation is 2. The predicted molar refractivity (Wildman–Crippen MR) is 81.2 cm³/mol. The Kier molecular flexibility index (Phi) is 2.92. The summed E-state index contributed by atoms with van der Waals surface area (Å²) in [5.41, 5.74) is 2.95. The molecular weight excluding hydrogens is 332 g/mol. The van der Waals surface area contributed by atoms with E-state index in [2.05, 4.69) is 15.9 Å². The van der Waals surface area contributed by atoms with Crippen LogP contribution < -0.4 is 0 Å². The summed E-state index contributed by atoms with van der Waals surface area (Å²) in [6.45, 7) is 3.96. The third-order valence-corrected chi connectivity index (χ3v) is 5.80. The molecular formula is C17H17BrO3. The van der Waals surface area contributed by atoms with E-state index in [4.69, 9.17) is 4.74 Å². The molecule has 2 bridgehead atoms. The van der Waals surface area contributed by atoms with Crippen LogP contribution in [0.5, 0.6) is 0 Å². The number of carbonyl (C=O) groups excluding carboxylic acids is 2. The van der Waals surface area contributed by atoms with Gasteiger partial charge in [0.25, 0.3) is 0 Å². The zero-order valence-corrected chi connectivity index (χ0v) is 13.6. The first-order valence-electron chi connectivity index (χ1n) is 7.48. The van der Waals surface area contributed by atoms with Crippen LogP contribution >= 0.6 is 15.9 Å². The summed E-state index contributed by atoms with van der Waals surface area (Å²) in [6, 6.07) is 3.98. The van der Waals surface area contributed by atoms with Gasteiger partial charge in [0.15, 0.2) is 11.6 Å². The van der Waals surface area contributed by atoms with E-state index in [9.17, 15) is 9.59 Å². The van der Waals surface area contributed by atoms with Crippen molar-refractivity contribution >= 4 is 27.5 Å². The average Bonchev–Trinajstić information content (AvgIpc) is 3.06. The van der Waals surface area contributed by atoms with Crippen molar-refractivity contribution in [1.29, 1.82) is 0 Å². The summed E-state index contributed by atoms with van der Waals surface area (Å²) in [5, 5.41) is 0. The van der Waals surface area contributed by atoms with Gasteiger partial charge in [0.05, 0.1) is 24.0 Å². The maximum Gasteiger partial charge on any atom is 0.154 e. The number of ether oxygens (including phenoxy) is 1. The van der Waals surface area contributed by atoms with Crippen LogP contribution in [0.4, 0.5) is 0 Å². The Balaban J connectivity index is 1.81. The lowest BCUT2D eigenvalue weighted by molar-refractivity contribution is -0.127. The molecule has 0 radical (unpaired) electrons. The van der Waals surface area contributed by atoms with Crippen molar-refractivity contribution in [2.45, 2.75) is 44.8 Å². The summed E-state index contributed by atoms with van der Waals surface area (Å²) >= 11 is 3.47. The Morgan fingerprint density at radius 2 is 1.48 bits per heavy atom. The third kappa shape index (κ3) is 1.75. The zero-order chi connectivity index (χ0) is 14.9. The molecule has 21 heavy (non-hydrogen) atoms. The van der Waals surface area contributed by atoms with Gasteiger partial charge in [-0.2, -0.15) is 0 Å². The molecule has 1 aromatic rings. The summed E-state index contributed by atoms with van der Waals surface area (Å²) in [7, 11) is 0. The van der Waals surface area contributed by atoms with Crippen LogP contribution in [-0.4, -0.2) is 23.8 Å². The van der Waals surface area contributed by atoms with Gasteiger partial charge in [0.1, 0.15) is 5.92 Å². The maximum atomic E-state index is 12.9. The van der Waals surface area contributed by atoms with Crippen LogP contribution in [0.15, 0.2) is 16.6 Å². The number of halogens is 1. The fourth-order valence-electron chi connectivity index (χ4n) is 4.59. The maximum absolute atomic E-state index is 12.9. The molecule has 3 nitrogen and oxygen atoms in total. The Morgan fingerprint density at radius 1 is 1.00 bits per heavy atom. The molecule has 0 aromatic heterocycles. The summed E-state index contributed by atoms with van der Waals surface area (Å²) in [6.07, 6.45) is 1.82. The molecule has 1 unspecified atom stereocenters. The molecule has 3 aliphatic rings. The van der Waals surface area contributed by atoms with Crippen LogP contribution in [0.25, 0.3) is 0 Å². The highest BCUT2D eigenvalue weighted by molar-refractivity contribution is 9.10. The molecule has 2 heterocycles. The lowest BCUT2D eigenvalue weighted by atomic mass is 9.81. The third-order valence-electron chi connectivity index (χ3n) is 5.35. The van der Waals surface area contributed by atoms with Crippen LogP contribution in [0.3, 0.4) is 0 Å². The summed E-state index contributed by atoms with van der Waals surface area (Å²) in [4.78, 5) is 25.7. The van der Waals surface area contributed by atoms with Gasteiger partial charge in [0, 0.05) is 4.47 Å². The molecule has 4 heteroatoms. The molecule has 5 atom stereocenters. The summed E-state index contributed by atoms with van der Waals surface area (Å²) < 4.78 is 6.78. The standard InChI is InChI=1S/C17H17BrO3/c1-7-5-9(18)6-8(2)12(7)15-16(19)13-10-3-4-11(21-10)14(13)17(15)20/h5-6,10-11,13-15H,3-4H2,1-2H3/t10-,11+,13-,14+,15?. The Labute approximate surface area is 132 Å². The first-order valence-corrected chi connectivity index (χ1v) is 8.28. The smallest absolute Gasteiger partial charge is 0.154 e. The van der Waals surface area contributed by atoms with Gasteiger partial charge in [-0.3, -0.25) is 9.59 Å². The van der Waals surface area contributed by atoms with Crippen molar-refractivity contribution in [3.8, 4) is 0 Å². The minimum absolute atomic E-state index is 0.0162. The minimum atomic E-state index is -0.569. The van der Waals surface area contributed by atoms with Crippen molar-refractivity contribution in [3.05, 3.63) is 33.3 Å². The molecule has 2 aliphatic heterocycles. The van der Waals surface area contributed by atoms with E-state index >= 15 is 0 Å². The van der Waals surface area contributed by atoms with E-state index in [0.29, 0.717) is 0 Å². The second kappa shape index (κ2) is 4.50. The molecule has 0 amide bonds. The molecule has 4 rings (SSSR count). The molecule has 2 saturated heterocycles. The fraction of sp³-hybridized carbons (Fsp3) is 0.529. The van der Waals surface area contributed by atoms with Crippen molar-refractivity contribution in [2.75, 3.05) is 0 Å². The van der Waals surface area contributed by atoms with Gasteiger partial charge >= 0.3 is 0 Å². The number of hydrogen-bond donors (Lipinski definition) is 0.